The SMILES string of the molecule is CC(C)NCc1ccc(N(C)C(C)C2CC2)c(Br)c1. The molecule has 0 radical (unpaired) electrons. The molecule has 1 saturated carbocycles. The van der Waals surface area contributed by atoms with Crippen molar-refractivity contribution in [1.82, 2.24) is 5.32 Å². The molecule has 0 amide bonds. The Balaban J connectivity index is 2.05. The first kappa shape index (κ1) is 14.9. The van der Waals surface area contributed by atoms with E-state index in [-0.39, 0.29) is 0 Å². The normalized spacial score (nSPS) is 16.7. The molecule has 0 saturated heterocycles. The van der Waals surface area contributed by atoms with Gasteiger partial charge in [-0.3, -0.25) is 0 Å². The molecule has 1 fully saturated rings. The molecule has 0 heterocycles. The Labute approximate surface area is 125 Å². The summed E-state index contributed by atoms with van der Waals surface area (Å²) in [5, 5.41) is 3.45. The molecule has 0 spiro atoms. The van der Waals surface area contributed by atoms with Gasteiger partial charge in [-0.15, -0.1) is 0 Å². The van der Waals surface area contributed by atoms with Gasteiger partial charge in [0.25, 0.3) is 0 Å². The Morgan fingerprint density at radius 2 is 2.00 bits per heavy atom. The van der Waals surface area contributed by atoms with Crippen molar-refractivity contribution in [3.05, 3.63) is 28.2 Å². The standard InChI is InChI=1S/C16H25BrN2/c1-11(2)18-10-13-5-8-16(15(17)9-13)19(4)12(3)14-6-7-14/h5,8-9,11-12,14,18H,6-7,10H2,1-4H3. The van der Waals surface area contributed by atoms with Gasteiger partial charge in [0.1, 0.15) is 0 Å². The molecule has 106 valence electrons. The Kier molecular flexibility index (Phi) is 4.91. The largest absolute Gasteiger partial charge is 0.371 e. The lowest BCUT2D eigenvalue weighted by molar-refractivity contribution is 0.588. The molecule has 1 N–H and O–H groups in total. The fraction of sp³-hybridized carbons (Fsp3) is 0.625. The van der Waals surface area contributed by atoms with Gasteiger partial charge in [0, 0.05) is 30.1 Å². The Morgan fingerprint density at radius 1 is 1.32 bits per heavy atom. The van der Waals surface area contributed by atoms with Gasteiger partial charge in [0.2, 0.25) is 0 Å². The average Bonchev–Trinajstić information content (AvgIpc) is 3.19. The molecule has 1 aromatic carbocycles. The van der Waals surface area contributed by atoms with Crippen molar-refractivity contribution in [3.8, 4) is 0 Å². The van der Waals surface area contributed by atoms with Crippen molar-refractivity contribution in [2.24, 2.45) is 5.92 Å². The summed E-state index contributed by atoms with van der Waals surface area (Å²) in [6.07, 6.45) is 2.78. The number of anilines is 1. The van der Waals surface area contributed by atoms with E-state index in [1.807, 2.05) is 0 Å². The van der Waals surface area contributed by atoms with E-state index in [9.17, 15) is 0 Å². The highest BCUT2D eigenvalue weighted by Crippen LogP contribution is 2.38. The van der Waals surface area contributed by atoms with Gasteiger partial charge in [-0.2, -0.15) is 0 Å². The second-order valence-corrected chi connectivity index (χ2v) is 6.86. The first-order valence-electron chi connectivity index (χ1n) is 7.23. The zero-order valence-electron chi connectivity index (χ0n) is 12.4. The number of rotatable bonds is 6. The van der Waals surface area contributed by atoms with Crippen molar-refractivity contribution in [1.29, 1.82) is 0 Å². The van der Waals surface area contributed by atoms with Crippen molar-refractivity contribution in [2.75, 3.05) is 11.9 Å². The highest BCUT2D eigenvalue weighted by atomic mass is 79.9. The van der Waals surface area contributed by atoms with Crippen molar-refractivity contribution in [2.45, 2.75) is 52.2 Å². The molecule has 0 aliphatic heterocycles. The van der Waals surface area contributed by atoms with Crippen LogP contribution in [0.2, 0.25) is 0 Å². The summed E-state index contributed by atoms with van der Waals surface area (Å²) in [7, 11) is 2.20. The molecule has 2 rings (SSSR count). The summed E-state index contributed by atoms with van der Waals surface area (Å²) in [6, 6.07) is 7.86. The fourth-order valence-corrected chi connectivity index (χ4v) is 3.09. The van der Waals surface area contributed by atoms with Gasteiger partial charge >= 0.3 is 0 Å². The molecule has 3 heteroatoms. The van der Waals surface area contributed by atoms with E-state index in [0.29, 0.717) is 12.1 Å². The van der Waals surface area contributed by atoms with Crippen molar-refractivity contribution < 1.29 is 0 Å². The van der Waals surface area contributed by atoms with E-state index in [0.717, 1.165) is 12.5 Å². The number of hydrogen-bond acceptors (Lipinski definition) is 2. The van der Waals surface area contributed by atoms with Crippen LogP contribution in [0.5, 0.6) is 0 Å². The van der Waals surface area contributed by atoms with Crippen molar-refractivity contribution >= 4 is 21.6 Å². The topological polar surface area (TPSA) is 15.3 Å². The Bertz CT molecular complexity index is 427. The number of benzene rings is 1. The maximum Gasteiger partial charge on any atom is 0.0510 e. The highest BCUT2D eigenvalue weighted by molar-refractivity contribution is 9.10. The van der Waals surface area contributed by atoms with Gasteiger partial charge in [-0.05, 0) is 59.3 Å². The predicted molar refractivity (Wildman–Crippen MR) is 86.7 cm³/mol. The molecular formula is C16H25BrN2. The average molecular weight is 325 g/mol. The van der Waals surface area contributed by atoms with Gasteiger partial charge in [-0.25, -0.2) is 0 Å². The molecule has 0 bridgehead atoms. The lowest BCUT2D eigenvalue weighted by atomic mass is 10.1. The first-order chi connectivity index (χ1) is 8.99. The maximum atomic E-state index is 3.72. The molecular weight excluding hydrogens is 300 g/mol. The second kappa shape index (κ2) is 6.27. The van der Waals surface area contributed by atoms with Crippen LogP contribution < -0.4 is 10.2 Å². The van der Waals surface area contributed by atoms with Crippen LogP contribution in [0.25, 0.3) is 0 Å². The van der Waals surface area contributed by atoms with Crippen LogP contribution in [0.4, 0.5) is 5.69 Å². The lowest BCUT2D eigenvalue weighted by Crippen LogP contribution is -2.30. The Morgan fingerprint density at radius 3 is 2.53 bits per heavy atom. The van der Waals surface area contributed by atoms with Crippen LogP contribution in [0, 0.1) is 5.92 Å². The second-order valence-electron chi connectivity index (χ2n) is 6.01. The summed E-state index contributed by atoms with van der Waals surface area (Å²) in [6.45, 7) is 7.61. The first-order valence-corrected chi connectivity index (χ1v) is 8.03. The van der Waals surface area contributed by atoms with Gasteiger partial charge in [0.15, 0.2) is 0 Å². The van der Waals surface area contributed by atoms with Gasteiger partial charge in [-0.1, -0.05) is 19.9 Å². The third-order valence-electron chi connectivity index (χ3n) is 4.02. The number of nitrogens with one attached hydrogen (secondary N) is 1. The van der Waals surface area contributed by atoms with Crippen LogP contribution in [-0.2, 0) is 6.54 Å². The van der Waals surface area contributed by atoms with Crippen LogP contribution in [0.1, 0.15) is 39.2 Å². The minimum atomic E-state index is 0.524. The van der Waals surface area contributed by atoms with E-state index in [1.165, 1.54) is 28.6 Å². The Hall–Kier alpha value is -0.540. The number of halogens is 1. The summed E-state index contributed by atoms with van der Waals surface area (Å²) in [4.78, 5) is 2.40. The third kappa shape index (κ3) is 3.96. The van der Waals surface area contributed by atoms with Gasteiger partial charge in [0.05, 0.1) is 5.69 Å². The minimum absolute atomic E-state index is 0.524. The van der Waals surface area contributed by atoms with E-state index in [2.05, 4.69) is 72.2 Å². The van der Waals surface area contributed by atoms with Crippen LogP contribution >= 0.6 is 15.9 Å². The molecule has 1 aliphatic rings. The zero-order chi connectivity index (χ0) is 14.0. The predicted octanol–water partition coefficient (Wildman–Crippen LogP) is 4.18. The molecule has 1 aromatic rings. The van der Waals surface area contributed by atoms with Crippen molar-refractivity contribution in [3.63, 3.8) is 0 Å². The zero-order valence-corrected chi connectivity index (χ0v) is 14.0. The molecule has 1 atom stereocenters. The summed E-state index contributed by atoms with van der Waals surface area (Å²) >= 11 is 3.72. The highest BCUT2D eigenvalue weighted by Gasteiger charge is 2.31. The fourth-order valence-electron chi connectivity index (χ4n) is 2.38. The summed E-state index contributed by atoms with van der Waals surface area (Å²) in [5.41, 5.74) is 2.63. The quantitative estimate of drug-likeness (QED) is 0.844. The number of hydrogen-bond donors (Lipinski definition) is 1. The molecule has 1 unspecified atom stereocenters. The smallest absolute Gasteiger partial charge is 0.0510 e. The maximum absolute atomic E-state index is 3.72. The van der Waals surface area contributed by atoms with Gasteiger partial charge < -0.3 is 10.2 Å². The molecule has 19 heavy (non-hydrogen) atoms. The molecule has 1 aliphatic carbocycles. The van der Waals surface area contributed by atoms with E-state index in [4.69, 9.17) is 0 Å². The lowest BCUT2D eigenvalue weighted by Gasteiger charge is -2.28. The molecule has 0 aromatic heterocycles. The van der Waals surface area contributed by atoms with E-state index in [1.54, 1.807) is 0 Å². The summed E-state index contributed by atoms with van der Waals surface area (Å²) in [5.74, 6) is 0.888. The van der Waals surface area contributed by atoms with Crippen LogP contribution in [-0.4, -0.2) is 19.1 Å². The molecule has 2 nitrogen and oxygen atoms in total. The van der Waals surface area contributed by atoms with Crippen LogP contribution in [0.3, 0.4) is 0 Å². The minimum Gasteiger partial charge on any atom is -0.371 e. The monoisotopic (exact) mass is 324 g/mol. The van der Waals surface area contributed by atoms with E-state index >= 15 is 0 Å². The summed E-state index contributed by atoms with van der Waals surface area (Å²) < 4.78 is 1.20. The number of nitrogens with zero attached hydrogens (tertiary/aromatic N) is 1. The van der Waals surface area contributed by atoms with E-state index < -0.39 is 0 Å². The van der Waals surface area contributed by atoms with Crippen LogP contribution in [0.15, 0.2) is 22.7 Å². The third-order valence-corrected chi connectivity index (χ3v) is 4.66.